The Morgan fingerprint density at radius 1 is 1.32 bits per heavy atom. The summed E-state index contributed by atoms with van der Waals surface area (Å²) in [6, 6.07) is 3.81. The first-order chi connectivity index (χ1) is 8.79. The van der Waals surface area contributed by atoms with Crippen molar-refractivity contribution < 1.29 is 13.2 Å². The summed E-state index contributed by atoms with van der Waals surface area (Å²) in [4.78, 5) is 17.4. The van der Waals surface area contributed by atoms with Crippen LogP contribution >= 0.6 is 0 Å². The van der Waals surface area contributed by atoms with Crippen LogP contribution in [0.2, 0.25) is 0 Å². The lowest BCUT2D eigenvalue weighted by Crippen LogP contribution is -2.17. The van der Waals surface area contributed by atoms with E-state index in [1.54, 1.807) is 6.07 Å². The molecule has 3 nitrogen and oxygen atoms in total. The van der Waals surface area contributed by atoms with Gasteiger partial charge in [-0.15, -0.1) is 0 Å². The predicted molar refractivity (Wildman–Crippen MR) is 65.9 cm³/mol. The van der Waals surface area contributed by atoms with E-state index in [0.717, 1.165) is 6.07 Å². The van der Waals surface area contributed by atoms with Gasteiger partial charge in [0.15, 0.2) is 0 Å². The number of hydrogen-bond donors (Lipinski definition) is 1. The molecular formula is C13H13F3N2O. The van der Waals surface area contributed by atoms with Crippen LogP contribution in [0.5, 0.6) is 0 Å². The van der Waals surface area contributed by atoms with Crippen LogP contribution in [-0.4, -0.2) is 9.97 Å². The lowest BCUT2D eigenvalue weighted by molar-refractivity contribution is -0.136. The van der Waals surface area contributed by atoms with Crippen LogP contribution in [-0.2, 0) is 12.6 Å². The van der Waals surface area contributed by atoms with Gasteiger partial charge in [-0.1, -0.05) is 26.0 Å². The van der Waals surface area contributed by atoms with E-state index in [2.05, 4.69) is 9.97 Å². The lowest BCUT2D eigenvalue weighted by Gasteiger charge is -2.12. The summed E-state index contributed by atoms with van der Waals surface area (Å²) in [7, 11) is 0. The highest BCUT2D eigenvalue weighted by Gasteiger charge is 2.33. The molecule has 1 aromatic carbocycles. The van der Waals surface area contributed by atoms with Crippen molar-refractivity contribution in [1.82, 2.24) is 9.97 Å². The first-order valence-corrected chi connectivity index (χ1v) is 5.88. The van der Waals surface area contributed by atoms with Gasteiger partial charge < -0.3 is 4.98 Å². The van der Waals surface area contributed by atoms with Gasteiger partial charge in [0.1, 0.15) is 0 Å². The van der Waals surface area contributed by atoms with Gasteiger partial charge in [0, 0.05) is 11.1 Å². The summed E-state index contributed by atoms with van der Waals surface area (Å²) in [5.74, 6) is 0.218. The van der Waals surface area contributed by atoms with Gasteiger partial charge in [0.2, 0.25) is 0 Å². The zero-order valence-corrected chi connectivity index (χ0v) is 10.5. The number of aromatic amines is 1. The molecular weight excluding hydrogens is 257 g/mol. The fourth-order valence-electron chi connectivity index (χ4n) is 2.03. The van der Waals surface area contributed by atoms with Crippen molar-refractivity contribution in [1.29, 1.82) is 0 Å². The summed E-state index contributed by atoms with van der Waals surface area (Å²) < 4.78 is 38.7. The molecule has 0 fully saturated rings. The molecule has 102 valence electrons. The van der Waals surface area contributed by atoms with Crippen LogP contribution < -0.4 is 5.69 Å². The molecule has 0 amide bonds. The zero-order chi connectivity index (χ0) is 14.2. The molecule has 19 heavy (non-hydrogen) atoms. The number of aromatic nitrogens is 2. The van der Waals surface area contributed by atoms with Crippen molar-refractivity contribution in [3.63, 3.8) is 0 Å². The van der Waals surface area contributed by atoms with Crippen LogP contribution in [0.25, 0.3) is 10.9 Å². The van der Waals surface area contributed by atoms with Gasteiger partial charge in [0.25, 0.3) is 0 Å². The number of alkyl halides is 3. The first kappa shape index (κ1) is 13.6. The molecule has 0 atom stereocenters. The minimum Gasteiger partial charge on any atom is -0.309 e. The second kappa shape index (κ2) is 4.68. The highest BCUT2D eigenvalue weighted by Crippen LogP contribution is 2.34. The molecule has 0 saturated carbocycles. The zero-order valence-electron chi connectivity index (χ0n) is 10.5. The molecule has 0 aliphatic heterocycles. The van der Waals surface area contributed by atoms with E-state index < -0.39 is 17.4 Å². The van der Waals surface area contributed by atoms with Crippen LogP contribution in [0.1, 0.15) is 25.1 Å². The van der Waals surface area contributed by atoms with Gasteiger partial charge in [-0.3, -0.25) is 0 Å². The second-order valence-corrected chi connectivity index (χ2v) is 4.82. The fraction of sp³-hybridized carbons (Fsp3) is 0.385. The molecule has 1 N–H and O–H groups in total. The average Bonchev–Trinajstić information content (AvgIpc) is 2.25. The summed E-state index contributed by atoms with van der Waals surface area (Å²) in [5.41, 5.74) is -1.41. The summed E-state index contributed by atoms with van der Waals surface area (Å²) in [6.07, 6.45) is -4.02. The molecule has 1 heterocycles. The third-order valence-corrected chi connectivity index (χ3v) is 2.75. The molecule has 0 spiro atoms. The minimum atomic E-state index is -4.52. The van der Waals surface area contributed by atoms with Crippen molar-refractivity contribution in [3.8, 4) is 0 Å². The number of nitrogens with one attached hydrogen (secondary N) is 1. The highest BCUT2D eigenvalue weighted by molar-refractivity contribution is 5.84. The van der Waals surface area contributed by atoms with Crippen LogP contribution in [0.15, 0.2) is 23.0 Å². The summed E-state index contributed by atoms with van der Waals surface area (Å²) >= 11 is 0. The number of H-pyrrole nitrogens is 1. The highest BCUT2D eigenvalue weighted by atomic mass is 19.4. The molecule has 0 aliphatic carbocycles. The number of rotatable bonds is 2. The molecule has 0 bridgehead atoms. The molecule has 2 rings (SSSR count). The molecule has 0 radical (unpaired) electrons. The van der Waals surface area contributed by atoms with E-state index >= 15 is 0 Å². The topological polar surface area (TPSA) is 45.8 Å². The lowest BCUT2D eigenvalue weighted by atomic mass is 10.0. The largest absolute Gasteiger partial charge is 0.418 e. The molecule has 0 aliphatic rings. The van der Waals surface area contributed by atoms with Crippen molar-refractivity contribution in [3.05, 3.63) is 39.9 Å². The van der Waals surface area contributed by atoms with Crippen molar-refractivity contribution in [2.75, 3.05) is 0 Å². The van der Waals surface area contributed by atoms with E-state index in [4.69, 9.17) is 0 Å². The first-order valence-electron chi connectivity index (χ1n) is 5.88. The average molecular weight is 270 g/mol. The Balaban J connectivity index is 2.77. The van der Waals surface area contributed by atoms with Gasteiger partial charge in [-0.25, -0.2) is 4.79 Å². The fourth-order valence-corrected chi connectivity index (χ4v) is 2.03. The van der Waals surface area contributed by atoms with Gasteiger partial charge >= 0.3 is 11.9 Å². The van der Waals surface area contributed by atoms with Crippen LogP contribution in [0.3, 0.4) is 0 Å². The van der Waals surface area contributed by atoms with Crippen molar-refractivity contribution >= 4 is 10.9 Å². The van der Waals surface area contributed by atoms with E-state index in [0.29, 0.717) is 17.5 Å². The third kappa shape index (κ3) is 2.77. The third-order valence-electron chi connectivity index (χ3n) is 2.75. The normalized spacial score (nSPS) is 12.3. The Labute approximate surface area is 107 Å². The van der Waals surface area contributed by atoms with Crippen molar-refractivity contribution in [2.45, 2.75) is 26.4 Å². The maximum Gasteiger partial charge on any atom is 0.418 e. The Hall–Kier alpha value is -1.85. The van der Waals surface area contributed by atoms with Gasteiger partial charge in [0.05, 0.1) is 11.1 Å². The van der Waals surface area contributed by atoms with Crippen molar-refractivity contribution in [2.24, 2.45) is 5.92 Å². The number of para-hydroxylation sites is 1. The Morgan fingerprint density at radius 2 is 2.00 bits per heavy atom. The number of benzene rings is 1. The Morgan fingerprint density at radius 3 is 2.58 bits per heavy atom. The van der Waals surface area contributed by atoms with E-state index in [1.165, 1.54) is 6.07 Å². The van der Waals surface area contributed by atoms with E-state index in [9.17, 15) is 18.0 Å². The maximum absolute atomic E-state index is 12.9. The van der Waals surface area contributed by atoms with Crippen LogP contribution in [0, 0.1) is 5.92 Å². The number of halogens is 3. The Kier molecular flexibility index (Phi) is 3.34. The standard InChI is InChI=1S/C13H13F3N2O/c1-7(2)6-10-8-4-3-5-9(13(14,15)16)11(8)18-12(19)17-10/h3-5,7H,6H2,1-2H3,(H,17,18,19). The monoisotopic (exact) mass is 270 g/mol. The molecule has 2 aromatic rings. The number of nitrogens with zero attached hydrogens (tertiary/aromatic N) is 1. The van der Waals surface area contributed by atoms with E-state index in [-0.39, 0.29) is 11.4 Å². The van der Waals surface area contributed by atoms with Gasteiger partial charge in [-0.2, -0.15) is 18.2 Å². The summed E-state index contributed by atoms with van der Waals surface area (Å²) in [6.45, 7) is 3.86. The number of hydrogen-bond acceptors (Lipinski definition) is 2. The smallest absolute Gasteiger partial charge is 0.309 e. The SMILES string of the molecule is CC(C)Cc1[nH]c(=O)nc2c(C(F)(F)F)cccc12. The predicted octanol–water partition coefficient (Wildman–Crippen LogP) is 3.14. The van der Waals surface area contributed by atoms with E-state index in [1.807, 2.05) is 13.8 Å². The molecule has 0 unspecified atom stereocenters. The quantitative estimate of drug-likeness (QED) is 0.911. The summed E-state index contributed by atoms with van der Waals surface area (Å²) in [5, 5.41) is 0.350. The second-order valence-electron chi connectivity index (χ2n) is 4.82. The molecule has 1 aromatic heterocycles. The molecule has 6 heteroatoms. The van der Waals surface area contributed by atoms with Gasteiger partial charge in [-0.05, 0) is 18.4 Å². The molecule has 0 saturated heterocycles. The van der Waals surface area contributed by atoms with Crippen LogP contribution in [0.4, 0.5) is 13.2 Å². The minimum absolute atomic E-state index is 0.218. The Bertz CT molecular complexity index is 659. The maximum atomic E-state index is 12.9. The number of fused-ring (bicyclic) bond motifs is 1.